The Hall–Kier alpha value is -3.95. The average molecular weight is 412 g/mol. The Morgan fingerprint density at radius 1 is 1.17 bits per heavy atom. The van der Waals surface area contributed by atoms with Gasteiger partial charge in [-0.1, -0.05) is 37.3 Å². The number of methoxy groups -OCH3 is 2. The van der Waals surface area contributed by atoms with E-state index < -0.39 is 22.4 Å². The maximum atomic E-state index is 13.1. The molecule has 1 heterocycles. The highest BCUT2D eigenvalue weighted by Gasteiger charge is 2.51. The van der Waals surface area contributed by atoms with E-state index in [0.29, 0.717) is 17.0 Å². The summed E-state index contributed by atoms with van der Waals surface area (Å²) < 4.78 is 10.2. The second-order valence-corrected chi connectivity index (χ2v) is 6.44. The standard InChI is InChI=1S/C20H20N4O6/c1-4-20(14-8-6-5-7-9-14)18(25)23(19(26)22-20)21-12-13-10-16(29-2)17(30-3)11-15(13)24(27)28/h5-12H,4H2,1-3H3,(H,22,26)/b21-12-/t20-/m1/s1. The maximum absolute atomic E-state index is 13.1. The van der Waals surface area contributed by atoms with Crippen LogP contribution in [0.5, 0.6) is 11.5 Å². The summed E-state index contributed by atoms with van der Waals surface area (Å²) in [5.41, 5.74) is -0.889. The fourth-order valence-electron chi connectivity index (χ4n) is 3.29. The SMILES string of the molecule is CC[C@]1(c2ccccc2)NC(=O)N(/N=C\c2cc(OC)c(OC)cc2[N+](=O)[O-])C1=O. The molecule has 0 aliphatic carbocycles. The molecule has 0 bridgehead atoms. The zero-order chi connectivity index (χ0) is 21.9. The van der Waals surface area contributed by atoms with Crippen molar-refractivity contribution in [2.45, 2.75) is 18.9 Å². The van der Waals surface area contributed by atoms with Gasteiger partial charge in [0.25, 0.3) is 11.6 Å². The Morgan fingerprint density at radius 2 is 1.80 bits per heavy atom. The van der Waals surface area contributed by atoms with Crippen molar-refractivity contribution < 1.29 is 24.0 Å². The van der Waals surface area contributed by atoms with Crippen LogP contribution >= 0.6 is 0 Å². The number of nitro benzene ring substituents is 1. The first-order valence-electron chi connectivity index (χ1n) is 9.04. The predicted octanol–water partition coefficient (Wildman–Crippen LogP) is 2.80. The van der Waals surface area contributed by atoms with Crippen LogP contribution in [-0.2, 0) is 10.3 Å². The highest BCUT2D eigenvalue weighted by Crippen LogP contribution is 2.35. The van der Waals surface area contributed by atoms with E-state index in [4.69, 9.17) is 9.47 Å². The number of rotatable bonds is 7. The van der Waals surface area contributed by atoms with Crippen molar-refractivity contribution >= 4 is 23.8 Å². The number of imide groups is 1. The normalized spacial score (nSPS) is 18.6. The third-order valence-electron chi connectivity index (χ3n) is 4.91. The summed E-state index contributed by atoms with van der Waals surface area (Å²) in [5, 5.41) is 18.8. The fraction of sp³-hybridized carbons (Fsp3) is 0.250. The first-order valence-corrected chi connectivity index (χ1v) is 9.04. The van der Waals surface area contributed by atoms with Crippen molar-refractivity contribution in [2.75, 3.05) is 14.2 Å². The molecule has 1 fully saturated rings. The molecule has 156 valence electrons. The average Bonchev–Trinajstić information content (AvgIpc) is 3.02. The van der Waals surface area contributed by atoms with Gasteiger partial charge in [0.15, 0.2) is 11.5 Å². The van der Waals surface area contributed by atoms with Crippen LogP contribution in [0.4, 0.5) is 10.5 Å². The Labute approximate surface area is 172 Å². The number of nitro groups is 1. The number of urea groups is 1. The van der Waals surface area contributed by atoms with Gasteiger partial charge in [-0.05, 0) is 18.1 Å². The summed E-state index contributed by atoms with van der Waals surface area (Å²) in [6, 6.07) is 10.7. The minimum absolute atomic E-state index is 0.0481. The minimum Gasteiger partial charge on any atom is -0.493 e. The summed E-state index contributed by atoms with van der Waals surface area (Å²) >= 11 is 0. The van der Waals surface area contributed by atoms with E-state index in [1.54, 1.807) is 37.3 Å². The molecular weight excluding hydrogens is 392 g/mol. The monoisotopic (exact) mass is 412 g/mol. The Bertz CT molecular complexity index is 1020. The van der Waals surface area contributed by atoms with Crippen molar-refractivity contribution in [2.24, 2.45) is 5.10 Å². The minimum atomic E-state index is -1.25. The number of nitrogens with zero attached hydrogens (tertiary/aromatic N) is 3. The van der Waals surface area contributed by atoms with E-state index in [-0.39, 0.29) is 22.7 Å². The molecule has 3 amide bonds. The Morgan fingerprint density at radius 3 is 2.37 bits per heavy atom. The molecule has 10 nitrogen and oxygen atoms in total. The van der Waals surface area contributed by atoms with Crippen LogP contribution in [-0.4, -0.2) is 42.3 Å². The number of carbonyl (C=O) groups excluding carboxylic acids is 2. The highest BCUT2D eigenvalue weighted by atomic mass is 16.6. The molecule has 1 aliphatic heterocycles. The molecule has 1 saturated heterocycles. The number of ether oxygens (including phenoxy) is 2. The van der Waals surface area contributed by atoms with Gasteiger partial charge in [-0.2, -0.15) is 5.10 Å². The van der Waals surface area contributed by atoms with Crippen molar-refractivity contribution in [1.82, 2.24) is 10.3 Å². The van der Waals surface area contributed by atoms with Gasteiger partial charge in [-0.3, -0.25) is 14.9 Å². The molecule has 0 aromatic heterocycles. The summed E-state index contributed by atoms with van der Waals surface area (Å²) in [6.07, 6.45) is 1.39. The molecule has 0 radical (unpaired) electrons. The van der Waals surface area contributed by atoms with E-state index in [9.17, 15) is 19.7 Å². The van der Waals surface area contributed by atoms with Gasteiger partial charge in [0, 0.05) is 0 Å². The van der Waals surface area contributed by atoms with Crippen molar-refractivity contribution in [3.63, 3.8) is 0 Å². The number of nitrogens with one attached hydrogen (secondary N) is 1. The number of hydrogen-bond donors (Lipinski definition) is 1. The second kappa shape index (κ2) is 8.19. The number of amides is 3. The maximum Gasteiger partial charge on any atom is 0.346 e. The lowest BCUT2D eigenvalue weighted by molar-refractivity contribution is -0.385. The van der Waals surface area contributed by atoms with E-state index in [0.717, 1.165) is 6.21 Å². The molecule has 0 saturated carbocycles. The number of carbonyl (C=O) groups is 2. The zero-order valence-corrected chi connectivity index (χ0v) is 16.6. The molecule has 2 aromatic carbocycles. The summed E-state index contributed by atoms with van der Waals surface area (Å²) in [5.74, 6) is -0.153. The van der Waals surface area contributed by atoms with Crippen LogP contribution in [0.15, 0.2) is 47.6 Å². The number of hydrogen-bond acceptors (Lipinski definition) is 7. The van der Waals surface area contributed by atoms with Crippen LogP contribution in [0.1, 0.15) is 24.5 Å². The van der Waals surface area contributed by atoms with Crippen molar-refractivity contribution in [3.05, 3.63) is 63.7 Å². The quantitative estimate of drug-likeness (QED) is 0.323. The van der Waals surface area contributed by atoms with Crippen LogP contribution in [0.25, 0.3) is 0 Å². The molecule has 1 N–H and O–H groups in total. The molecule has 10 heteroatoms. The van der Waals surface area contributed by atoms with Crippen molar-refractivity contribution in [1.29, 1.82) is 0 Å². The number of hydrazone groups is 1. The van der Waals surface area contributed by atoms with Gasteiger partial charge in [0.1, 0.15) is 5.54 Å². The Kier molecular flexibility index (Phi) is 5.67. The van der Waals surface area contributed by atoms with E-state index >= 15 is 0 Å². The molecule has 0 spiro atoms. The first-order chi connectivity index (χ1) is 14.4. The predicted molar refractivity (Wildman–Crippen MR) is 108 cm³/mol. The first kappa shape index (κ1) is 20.8. The largest absolute Gasteiger partial charge is 0.493 e. The molecule has 1 atom stereocenters. The van der Waals surface area contributed by atoms with Gasteiger partial charge < -0.3 is 14.8 Å². The van der Waals surface area contributed by atoms with Crippen LogP contribution in [0, 0.1) is 10.1 Å². The van der Waals surface area contributed by atoms with Crippen LogP contribution < -0.4 is 14.8 Å². The van der Waals surface area contributed by atoms with Crippen molar-refractivity contribution in [3.8, 4) is 11.5 Å². The van der Waals surface area contributed by atoms with Gasteiger partial charge >= 0.3 is 6.03 Å². The van der Waals surface area contributed by atoms with Crippen LogP contribution in [0.3, 0.4) is 0 Å². The van der Waals surface area contributed by atoms with Gasteiger partial charge in [0.05, 0.1) is 37.0 Å². The summed E-state index contributed by atoms with van der Waals surface area (Å²) in [4.78, 5) is 36.4. The molecular formula is C20H20N4O6. The van der Waals surface area contributed by atoms with Gasteiger partial charge in [-0.15, -0.1) is 5.01 Å². The van der Waals surface area contributed by atoms with E-state index in [2.05, 4.69) is 10.4 Å². The third-order valence-corrected chi connectivity index (χ3v) is 4.91. The van der Waals surface area contributed by atoms with Gasteiger partial charge in [-0.25, -0.2) is 4.79 Å². The van der Waals surface area contributed by atoms with Gasteiger partial charge in [0.2, 0.25) is 0 Å². The zero-order valence-electron chi connectivity index (χ0n) is 16.6. The fourth-order valence-corrected chi connectivity index (χ4v) is 3.29. The molecule has 3 rings (SSSR count). The third kappa shape index (κ3) is 3.43. The van der Waals surface area contributed by atoms with E-state index in [1.807, 2.05) is 0 Å². The van der Waals surface area contributed by atoms with E-state index in [1.165, 1.54) is 26.4 Å². The lowest BCUT2D eigenvalue weighted by Crippen LogP contribution is -2.43. The summed E-state index contributed by atoms with van der Waals surface area (Å²) in [7, 11) is 2.74. The smallest absolute Gasteiger partial charge is 0.346 e. The molecule has 2 aromatic rings. The lowest BCUT2D eigenvalue weighted by Gasteiger charge is -2.24. The molecule has 30 heavy (non-hydrogen) atoms. The second-order valence-electron chi connectivity index (χ2n) is 6.44. The lowest BCUT2D eigenvalue weighted by atomic mass is 9.87. The molecule has 1 aliphatic rings. The van der Waals surface area contributed by atoms with Crippen LogP contribution in [0.2, 0.25) is 0 Å². The summed E-state index contributed by atoms with van der Waals surface area (Å²) in [6.45, 7) is 1.78. The highest BCUT2D eigenvalue weighted by molar-refractivity contribution is 6.08. The topological polar surface area (TPSA) is 123 Å². The Balaban J connectivity index is 2.00. The number of benzene rings is 2. The molecule has 0 unspecified atom stereocenters.